The lowest BCUT2D eigenvalue weighted by Crippen LogP contribution is -1.95. The molecule has 0 bridgehead atoms. The van der Waals surface area contributed by atoms with Crippen molar-refractivity contribution in [1.82, 2.24) is 4.98 Å². The van der Waals surface area contributed by atoms with Crippen molar-refractivity contribution in [2.75, 3.05) is 6.61 Å². The van der Waals surface area contributed by atoms with Gasteiger partial charge in [0.1, 0.15) is 11.8 Å². The number of hydrogen-bond acceptors (Lipinski definition) is 3. The highest BCUT2D eigenvalue weighted by molar-refractivity contribution is 5.81. The molecule has 0 radical (unpaired) electrons. The van der Waals surface area contributed by atoms with E-state index in [0.717, 1.165) is 22.2 Å². The number of pyridine rings is 1. The molecule has 0 aliphatic carbocycles. The number of ether oxygens (including phenoxy) is 1. The van der Waals surface area contributed by atoms with Crippen molar-refractivity contribution < 1.29 is 4.74 Å². The smallest absolute Gasteiger partial charge is 0.174 e. The van der Waals surface area contributed by atoms with Gasteiger partial charge in [0.25, 0.3) is 0 Å². The Morgan fingerprint density at radius 1 is 0.955 bits per heavy atom. The molecule has 22 heavy (non-hydrogen) atoms. The van der Waals surface area contributed by atoms with Gasteiger partial charge < -0.3 is 4.74 Å². The van der Waals surface area contributed by atoms with E-state index in [1.165, 1.54) is 0 Å². The molecule has 3 nitrogen and oxygen atoms in total. The van der Waals surface area contributed by atoms with E-state index in [0.29, 0.717) is 5.75 Å². The second kappa shape index (κ2) is 6.55. The fourth-order valence-electron chi connectivity index (χ4n) is 2.21. The summed E-state index contributed by atoms with van der Waals surface area (Å²) in [6.45, 7) is 0.0408. The summed E-state index contributed by atoms with van der Waals surface area (Å²) in [6, 6.07) is 21.7. The molecule has 0 saturated heterocycles. The first-order valence-electron chi connectivity index (χ1n) is 6.99. The molecule has 1 heterocycles. The van der Waals surface area contributed by atoms with Gasteiger partial charge in [-0.3, -0.25) is 0 Å². The van der Waals surface area contributed by atoms with Crippen molar-refractivity contribution in [3.05, 3.63) is 71.9 Å². The van der Waals surface area contributed by atoms with Crippen LogP contribution in [0.15, 0.2) is 60.7 Å². The first kappa shape index (κ1) is 13.8. The molecule has 1 aromatic heterocycles. The molecule has 0 saturated carbocycles. The number of benzene rings is 2. The van der Waals surface area contributed by atoms with Gasteiger partial charge in [-0.1, -0.05) is 42.5 Å². The minimum absolute atomic E-state index is 0.0408. The lowest BCUT2D eigenvalue weighted by Gasteiger charge is -2.05. The van der Waals surface area contributed by atoms with E-state index in [-0.39, 0.29) is 6.61 Å². The summed E-state index contributed by atoms with van der Waals surface area (Å²) >= 11 is 0. The average molecular weight is 286 g/mol. The van der Waals surface area contributed by atoms with Crippen LogP contribution < -0.4 is 4.74 Å². The predicted molar refractivity (Wildman–Crippen MR) is 88.2 cm³/mol. The van der Waals surface area contributed by atoms with Crippen LogP contribution >= 0.6 is 0 Å². The van der Waals surface area contributed by atoms with Crippen LogP contribution in [0.1, 0.15) is 11.3 Å². The molecule has 3 aromatic rings. The van der Waals surface area contributed by atoms with Crippen molar-refractivity contribution in [1.29, 1.82) is 5.26 Å². The molecule has 0 aliphatic heterocycles. The van der Waals surface area contributed by atoms with Crippen LogP contribution in [0.2, 0.25) is 0 Å². The summed E-state index contributed by atoms with van der Waals surface area (Å²) in [4.78, 5) is 4.60. The average Bonchev–Trinajstić information content (AvgIpc) is 2.58. The van der Waals surface area contributed by atoms with Gasteiger partial charge in [0.05, 0.1) is 11.2 Å². The summed E-state index contributed by atoms with van der Waals surface area (Å²) < 4.78 is 5.41. The van der Waals surface area contributed by atoms with Gasteiger partial charge in [0.2, 0.25) is 0 Å². The fourth-order valence-corrected chi connectivity index (χ4v) is 2.21. The van der Waals surface area contributed by atoms with Crippen molar-refractivity contribution in [2.24, 2.45) is 0 Å². The van der Waals surface area contributed by atoms with Crippen LogP contribution in [0.4, 0.5) is 0 Å². The summed E-state index contributed by atoms with van der Waals surface area (Å²) in [5.74, 6) is 0.695. The lowest BCUT2D eigenvalue weighted by molar-refractivity contribution is 0.367. The molecular weight excluding hydrogens is 272 g/mol. The number of nitrogens with zero attached hydrogens (tertiary/aromatic N) is 2. The molecule has 0 N–H and O–H groups in total. The zero-order valence-electron chi connectivity index (χ0n) is 11.9. The zero-order valence-corrected chi connectivity index (χ0v) is 11.9. The van der Waals surface area contributed by atoms with Gasteiger partial charge in [-0.25, -0.2) is 4.98 Å². The molecule has 0 atom stereocenters. The quantitative estimate of drug-likeness (QED) is 0.718. The molecule has 106 valence electrons. The molecular formula is C19H14N2O. The number of fused-ring (bicyclic) bond motifs is 1. The maximum Gasteiger partial charge on any atom is 0.174 e. The Labute approximate surface area is 129 Å². The van der Waals surface area contributed by atoms with Crippen LogP contribution in [0, 0.1) is 11.3 Å². The lowest BCUT2D eigenvalue weighted by atomic mass is 10.1. The summed E-state index contributed by atoms with van der Waals surface area (Å²) in [5.41, 5.74) is 2.78. The Balaban J connectivity index is 1.88. The van der Waals surface area contributed by atoms with E-state index in [9.17, 15) is 0 Å². The van der Waals surface area contributed by atoms with Crippen LogP contribution in [0.25, 0.3) is 23.1 Å². The molecule has 0 spiro atoms. The Morgan fingerprint density at radius 3 is 2.68 bits per heavy atom. The minimum Gasteiger partial charge on any atom is -0.478 e. The third kappa shape index (κ3) is 3.13. The Hall–Kier alpha value is -3.12. The van der Waals surface area contributed by atoms with E-state index >= 15 is 0 Å². The third-order valence-electron chi connectivity index (χ3n) is 3.26. The first-order chi connectivity index (χ1) is 10.9. The molecule has 0 unspecified atom stereocenters. The monoisotopic (exact) mass is 286 g/mol. The summed E-state index contributed by atoms with van der Waals surface area (Å²) in [7, 11) is 0. The number of aromatic nitrogens is 1. The summed E-state index contributed by atoms with van der Waals surface area (Å²) in [5, 5.41) is 9.75. The largest absolute Gasteiger partial charge is 0.478 e. The molecule has 0 amide bonds. The predicted octanol–water partition coefficient (Wildman–Crippen LogP) is 4.31. The number of nitriles is 1. The fraction of sp³-hybridized carbons (Fsp3) is 0.0526. The van der Waals surface area contributed by atoms with Gasteiger partial charge in [-0.2, -0.15) is 5.26 Å². The maximum absolute atomic E-state index is 8.62. The van der Waals surface area contributed by atoms with Crippen LogP contribution in [0.3, 0.4) is 0 Å². The van der Waals surface area contributed by atoms with Gasteiger partial charge in [0.15, 0.2) is 6.61 Å². The Kier molecular flexibility index (Phi) is 4.12. The van der Waals surface area contributed by atoms with Crippen molar-refractivity contribution in [3.8, 4) is 11.8 Å². The molecule has 0 aliphatic rings. The third-order valence-corrected chi connectivity index (χ3v) is 3.26. The minimum atomic E-state index is 0.0408. The molecule has 3 heteroatoms. The second-order valence-corrected chi connectivity index (χ2v) is 4.75. The van der Waals surface area contributed by atoms with E-state index in [1.807, 2.05) is 72.8 Å². The first-order valence-corrected chi connectivity index (χ1v) is 6.99. The number of rotatable bonds is 4. The zero-order chi connectivity index (χ0) is 15.2. The highest BCUT2D eigenvalue weighted by Gasteiger charge is 2.00. The van der Waals surface area contributed by atoms with Gasteiger partial charge in [0, 0.05) is 10.9 Å². The Bertz CT molecular complexity index is 862. The van der Waals surface area contributed by atoms with Crippen LogP contribution in [-0.4, -0.2) is 11.6 Å². The van der Waals surface area contributed by atoms with E-state index in [4.69, 9.17) is 10.00 Å². The normalized spacial score (nSPS) is 10.7. The molecule has 2 aromatic carbocycles. The summed E-state index contributed by atoms with van der Waals surface area (Å²) in [6.07, 6.45) is 3.89. The SMILES string of the molecule is N#CCOc1ccccc1/C=C\c1ccc2ccccc2n1. The van der Waals surface area contributed by atoms with Crippen molar-refractivity contribution in [3.63, 3.8) is 0 Å². The van der Waals surface area contributed by atoms with Gasteiger partial charge in [-0.15, -0.1) is 0 Å². The second-order valence-electron chi connectivity index (χ2n) is 4.75. The van der Waals surface area contributed by atoms with Crippen LogP contribution in [-0.2, 0) is 0 Å². The van der Waals surface area contributed by atoms with Gasteiger partial charge in [-0.05, 0) is 30.4 Å². The van der Waals surface area contributed by atoms with Crippen molar-refractivity contribution in [2.45, 2.75) is 0 Å². The van der Waals surface area contributed by atoms with Crippen LogP contribution in [0.5, 0.6) is 5.75 Å². The van der Waals surface area contributed by atoms with E-state index < -0.39 is 0 Å². The highest BCUT2D eigenvalue weighted by atomic mass is 16.5. The number of para-hydroxylation sites is 2. The molecule has 3 rings (SSSR count). The standard InChI is InChI=1S/C19H14N2O/c20-13-14-22-19-8-4-2-6-16(19)10-12-17-11-9-15-5-1-3-7-18(15)21-17/h1-12H,14H2/b12-10-. The Morgan fingerprint density at radius 2 is 1.77 bits per heavy atom. The molecule has 0 fully saturated rings. The topological polar surface area (TPSA) is 45.9 Å². The highest BCUT2D eigenvalue weighted by Crippen LogP contribution is 2.21. The maximum atomic E-state index is 8.62. The van der Waals surface area contributed by atoms with Gasteiger partial charge >= 0.3 is 0 Å². The van der Waals surface area contributed by atoms with Crippen molar-refractivity contribution >= 4 is 23.1 Å². The number of hydrogen-bond donors (Lipinski definition) is 0. The van der Waals surface area contributed by atoms with E-state index in [2.05, 4.69) is 11.1 Å². The van der Waals surface area contributed by atoms with E-state index in [1.54, 1.807) is 0 Å².